The number of nitrogen functional groups attached to an aromatic ring is 1. The Hall–Kier alpha value is -2.67. The normalized spacial score (nSPS) is 10.7. The molecule has 3 N–H and O–H groups in total. The maximum atomic E-state index is 12.2. The second-order valence-electron chi connectivity index (χ2n) is 5.44. The molecule has 0 unspecified atom stereocenters. The summed E-state index contributed by atoms with van der Waals surface area (Å²) < 4.78 is 1.83. The number of aromatic nitrogens is 3. The molecule has 1 aromatic carbocycles. The number of anilines is 1. The molecule has 0 aliphatic rings. The lowest BCUT2D eigenvalue weighted by Crippen LogP contribution is -2.25. The third-order valence-corrected chi connectivity index (χ3v) is 4.28. The van der Waals surface area contributed by atoms with Crippen LogP contribution >= 0.6 is 11.3 Å². The van der Waals surface area contributed by atoms with E-state index in [1.807, 2.05) is 46.6 Å². The summed E-state index contributed by atoms with van der Waals surface area (Å²) in [5.41, 5.74) is 8.29. The van der Waals surface area contributed by atoms with Gasteiger partial charge in [-0.25, -0.2) is 4.98 Å². The Morgan fingerprint density at radius 1 is 1.33 bits per heavy atom. The van der Waals surface area contributed by atoms with E-state index in [1.54, 1.807) is 6.20 Å². The first-order chi connectivity index (χ1) is 11.7. The Balaban J connectivity index is 1.49. The van der Waals surface area contributed by atoms with Gasteiger partial charge in [0, 0.05) is 29.9 Å². The third-order valence-electron chi connectivity index (χ3n) is 3.56. The van der Waals surface area contributed by atoms with Crippen LogP contribution in [0.2, 0.25) is 0 Å². The number of nitrogens with one attached hydrogen (secondary N) is 1. The predicted molar refractivity (Wildman–Crippen MR) is 95.0 cm³/mol. The first-order valence-corrected chi connectivity index (χ1v) is 8.63. The molecule has 0 saturated carbocycles. The molecule has 0 bridgehead atoms. The number of hydrogen-bond acceptors (Lipinski definition) is 5. The van der Waals surface area contributed by atoms with Crippen molar-refractivity contribution >= 4 is 22.4 Å². The van der Waals surface area contributed by atoms with Crippen molar-refractivity contribution in [2.75, 3.05) is 12.3 Å². The summed E-state index contributed by atoms with van der Waals surface area (Å²) in [5.74, 6) is -0.0601. The molecule has 0 spiro atoms. The molecule has 0 atom stereocenters. The fourth-order valence-corrected chi connectivity index (χ4v) is 3.00. The van der Waals surface area contributed by atoms with E-state index in [9.17, 15) is 4.79 Å². The Morgan fingerprint density at radius 3 is 3.00 bits per heavy atom. The van der Waals surface area contributed by atoms with Crippen LogP contribution in [0.25, 0.3) is 0 Å². The maximum absolute atomic E-state index is 12.2. The van der Waals surface area contributed by atoms with Crippen LogP contribution in [0.3, 0.4) is 0 Å². The molecular formula is C17H19N5OS. The largest absolute Gasteiger partial charge is 0.375 e. The molecule has 0 aliphatic heterocycles. The van der Waals surface area contributed by atoms with E-state index in [-0.39, 0.29) is 5.91 Å². The predicted octanol–water partition coefficient (Wildman–Crippen LogP) is 2.33. The van der Waals surface area contributed by atoms with E-state index in [4.69, 9.17) is 5.73 Å². The van der Waals surface area contributed by atoms with Gasteiger partial charge >= 0.3 is 0 Å². The fraction of sp³-hybridized carbons (Fsp3) is 0.235. The SMILES string of the molecule is Nc1nc(CCCNC(=O)c2cccc(Cn3cccn3)c2)cs1. The van der Waals surface area contributed by atoms with Gasteiger partial charge < -0.3 is 11.1 Å². The van der Waals surface area contributed by atoms with E-state index < -0.39 is 0 Å². The highest BCUT2D eigenvalue weighted by Crippen LogP contribution is 2.12. The van der Waals surface area contributed by atoms with Gasteiger partial charge in [0.1, 0.15) is 0 Å². The molecule has 3 aromatic rings. The van der Waals surface area contributed by atoms with Gasteiger partial charge in [-0.15, -0.1) is 11.3 Å². The summed E-state index contributed by atoms with van der Waals surface area (Å²) in [6.45, 7) is 1.26. The lowest BCUT2D eigenvalue weighted by atomic mass is 10.1. The number of hydrogen-bond donors (Lipinski definition) is 2. The van der Waals surface area contributed by atoms with Crippen molar-refractivity contribution in [1.29, 1.82) is 0 Å². The zero-order valence-corrected chi connectivity index (χ0v) is 14.0. The smallest absolute Gasteiger partial charge is 0.251 e. The van der Waals surface area contributed by atoms with Gasteiger partial charge in [0.15, 0.2) is 5.13 Å². The topological polar surface area (TPSA) is 85.8 Å². The number of benzene rings is 1. The van der Waals surface area contributed by atoms with Crippen molar-refractivity contribution in [3.63, 3.8) is 0 Å². The Kier molecular flexibility index (Phi) is 5.22. The molecule has 2 aromatic heterocycles. The first kappa shape index (κ1) is 16.2. The number of nitrogens with two attached hydrogens (primary N) is 1. The van der Waals surface area contributed by atoms with E-state index in [2.05, 4.69) is 15.4 Å². The van der Waals surface area contributed by atoms with Gasteiger partial charge in [-0.1, -0.05) is 12.1 Å². The number of carbonyl (C=O) groups excluding carboxylic acids is 1. The van der Waals surface area contributed by atoms with Crippen LogP contribution in [0.15, 0.2) is 48.1 Å². The van der Waals surface area contributed by atoms with E-state index in [1.165, 1.54) is 11.3 Å². The van der Waals surface area contributed by atoms with Gasteiger partial charge in [-0.3, -0.25) is 9.48 Å². The minimum atomic E-state index is -0.0601. The summed E-state index contributed by atoms with van der Waals surface area (Å²) in [4.78, 5) is 16.5. The van der Waals surface area contributed by atoms with Crippen LogP contribution in [0.5, 0.6) is 0 Å². The zero-order chi connectivity index (χ0) is 16.8. The van der Waals surface area contributed by atoms with Crippen LogP contribution in [-0.4, -0.2) is 27.2 Å². The molecule has 2 heterocycles. The molecule has 1 amide bonds. The summed E-state index contributed by atoms with van der Waals surface area (Å²) in [7, 11) is 0. The Morgan fingerprint density at radius 2 is 2.25 bits per heavy atom. The number of carbonyl (C=O) groups is 1. The van der Waals surface area contributed by atoms with Crippen LogP contribution < -0.4 is 11.1 Å². The average molecular weight is 341 g/mol. The van der Waals surface area contributed by atoms with Crippen molar-refractivity contribution in [3.8, 4) is 0 Å². The first-order valence-electron chi connectivity index (χ1n) is 7.75. The number of aryl methyl sites for hydroxylation is 1. The summed E-state index contributed by atoms with van der Waals surface area (Å²) in [6.07, 6.45) is 5.29. The zero-order valence-electron chi connectivity index (χ0n) is 13.2. The monoisotopic (exact) mass is 341 g/mol. The highest BCUT2D eigenvalue weighted by molar-refractivity contribution is 7.13. The summed E-state index contributed by atoms with van der Waals surface area (Å²) in [5, 5.41) is 9.66. The number of thiazole rings is 1. The van der Waals surface area contributed by atoms with Crippen molar-refractivity contribution in [2.24, 2.45) is 0 Å². The van der Waals surface area contributed by atoms with Gasteiger partial charge in [-0.2, -0.15) is 5.10 Å². The van der Waals surface area contributed by atoms with E-state index >= 15 is 0 Å². The standard InChI is InChI=1S/C17H19N5OS/c18-17-21-15(12-24-17)6-2-7-19-16(23)14-5-1-4-13(10-14)11-22-9-3-8-20-22/h1,3-5,8-10,12H,2,6-7,11H2,(H2,18,21)(H,19,23). The Bertz CT molecular complexity index is 797. The fourth-order valence-electron chi connectivity index (χ4n) is 2.40. The van der Waals surface area contributed by atoms with Crippen LogP contribution in [0.1, 0.15) is 28.0 Å². The average Bonchev–Trinajstić information content (AvgIpc) is 3.23. The lowest BCUT2D eigenvalue weighted by Gasteiger charge is -2.07. The maximum Gasteiger partial charge on any atom is 0.251 e. The molecule has 0 fully saturated rings. The number of nitrogens with zero attached hydrogens (tertiary/aromatic N) is 3. The molecule has 3 rings (SSSR count). The van der Waals surface area contributed by atoms with Gasteiger partial charge in [-0.05, 0) is 36.6 Å². The molecule has 0 aliphatic carbocycles. The second kappa shape index (κ2) is 7.74. The summed E-state index contributed by atoms with van der Waals surface area (Å²) in [6, 6.07) is 9.49. The molecule has 24 heavy (non-hydrogen) atoms. The minimum Gasteiger partial charge on any atom is -0.375 e. The van der Waals surface area contributed by atoms with E-state index in [0.717, 1.165) is 24.1 Å². The quantitative estimate of drug-likeness (QED) is 0.646. The van der Waals surface area contributed by atoms with Crippen molar-refractivity contribution < 1.29 is 4.79 Å². The van der Waals surface area contributed by atoms with Crippen molar-refractivity contribution in [3.05, 3.63) is 64.9 Å². The third kappa shape index (κ3) is 4.42. The lowest BCUT2D eigenvalue weighted by molar-refractivity contribution is 0.0953. The highest BCUT2D eigenvalue weighted by atomic mass is 32.1. The van der Waals surface area contributed by atoms with Crippen molar-refractivity contribution in [2.45, 2.75) is 19.4 Å². The summed E-state index contributed by atoms with van der Waals surface area (Å²) >= 11 is 1.44. The van der Waals surface area contributed by atoms with Crippen molar-refractivity contribution in [1.82, 2.24) is 20.1 Å². The molecule has 6 nitrogen and oxygen atoms in total. The van der Waals surface area contributed by atoms with Gasteiger partial charge in [0.2, 0.25) is 0 Å². The second-order valence-corrected chi connectivity index (χ2v) is 6.33. The molecule has 0 radical (unpaired) electrons. The van der Waals surface area contributed by atoms with Gasteiger partial charge in [0.25, 0.3) is 5.91 Å². The van der Waals surface area contributed by atoms with Crippen LogP contribution in [-0.2, 0) is 13.0 Å². The molecular weight excluding hydrogens is 322 g/mol. The Labute approximate surface area is 144 Å². The van der Waals surface area contributed by atoms with Gasteiger partial charge in [0.05, 0.1) is 12.2 Å². The number of amides is 1. The highest BCUT2D eigenvalue weighted by Gasteiger charge is 2.06. The molecule has 0 saturated heterocycles. The van der Waals surface area contributed by atoms with E-state index in [0.29, 0.717) is 23.8 Å². The molecule has 7 heteroatoms. The molecule has 124 valence electrons. The van der Waals surface area contributed by atoms with Crippen LogP contribution in [0.4, 0.5) is 5.13 Å². The van der Waals surface area contributed by atoms with Crippen LogP contribution in [0, 0.1) is 0 Å². The minimum absolute atomic E-state index is 0.0601. The number of rotatable bonds is 7.